The van der Waals surface area contributed by atoms with Gasteiger partial charge in [0.1, 0.15) is 0 Å². The molecule has 1 saturated carbocycles. The molecular formula is C31H29F3N2O4. The molecule has 1 aromatic heterocycles. The van der Waals surface area contributed by atoms with Gasteiger partial charge in [0, 0.05) is 22.7 Å². The van der Waals surface area contributed by atoms with E-state index in [2.05, 4.69) is 5.32 Å². The molecule has 0 unspecified atom stereocenters. The molecule has 1 aliphatic rings. The Bertz CT molecular complexity index is 1560. The van der Waals surface area contributed by atoms with Crippen LogP contribution in [0.25, 0.3) is 10.8 Å². The molecule has 0 spiro atoms. The van der Waals surface area contributed by atoms with Crippen LogP contribution in [-0.4, -0.2) is 32.8 Å². The van der Waals surface area contributed by atoms with Gasteiger partial charge in [-0.1, -0.05) is 61.5 Å². The quantitative estimate of drug-likeness (QED) is 0.216. The average Bonchev–Trinajstić information content (AvgIpc) is 3.63. The van der Waals surface area contributed by atoms with Crippen molar-refractivity contribution in [2.24, 2.45) is 11.3 Å². The maximum atomic E-state index is 13.9. The summed E-state index contributed by atoms with van der Waals surface area (Å²) in [6, 6.07) is 20.3. The van der Waals surface area contributed by atoms with Crippen molar-refractivity contribution in [3.05, 3.63) is 95.7 Å². The molecule has 1 amide bonds. The third kappa shape index (κ3) is 5.54. The number of carbonyl (C=O) groups is 2. The van der Waals surface area contributed by atoms with Gasteiger partial charge in [-0.15, -0.1) is 0 Å². The van der Waals surface area contributed by atoms with Gasteiger partial charge in [0.15, 0.2) is 5.88 Å². The van der Waals surface area contributed by atoms with Crippen LogP contribution in [0.15, 0.2) is 79.0 Å². The molecule has 6 nitrogen and oxygen atoms in total. The van der Waals surface area contributed by atoms with Crippen molar-refractivity contribution >= 4 is 28.3 Å². The van der Waals surface area contributed by atoms with Gasteiger partial charge in [-0.2, -0.15) is 13.2 Å². The summed E-state index contributed by atoms with van der Waals surface area (Å²) in [6.45, 7) is 1.29. The molecular weight excluding hydrogens is 521 g/mol. The fraction of sp³-hybridized carbons (Fsp3) is 0.290. The topological polar surface area (TPSA) is 91.6 Å². The Labute approximate surface area is 229 Å². The van der Waals surface area contributed by atoms with E-state index in [-0.39, 0.29) is 11.4 Å². The number of benzene rings is 3. The Morgan fingerprint density at radius 3 is 2.33 bits per heavy atom. The first kappa shape index (κ1) is 27.3. The summed E-state index contributed by atoms with van der Waals surface area (Å²) in [5.41, 5.74) is 1.17. The van der Waals surface area contributed by atoms with Gasteiger partial charge in [0.2, 0.25) is 5.91 Å². The molecule has 0 aliphatic heterocycles. The fourth-order valence-electron chi connectivity index (χ4n) is 5.19. The number of hydrogen-bond acceptors (Lipinski definition) is 3. The lowest BCUT2D eigenvalue weighted by atomic mass is 9.85. The number of anilines is 1. The summed E-state index contributed by atoms with van der Waals surface area (Å²) in [4.78, 5) is 24.9. The smallest absolute Gasteiger partial charge is 0.392 e. The number of carboxylic acids is 1. The van der Waals surface area contributed by atoms with E-state index in [9.17, 15) is 33.0 Å². The van der Waals surface area contributed by atoms with E-state index >= 15 is 0 Å². The molecule has 3 N–H and O–H groups in total. The van der Waals surface area contributed by atoms with Crippen LogP contribution >= 0.6 is 0 Å². The highest BCUT2D eigenvalue weighted by Gasteiger charge is 2.50. The Morgan fingerprint density at radius 1 is 1.00 bits per heavy atom. The Hall–Kier alpha value is -4.27. The van der Waals surface area contributed by atoms with Gasteiger partial charge in [0.25, 0.3) is 0 Å². The summed E-state index contributed by atoms with van der Waals surface area (Å²) in [5.74, 6) is -5.04. The molecule has 1 aliphatic carbocycles. The van der Waals surface area contributed by atoms with Crippen molar-refractivity contribution < 1.29 is 33.0 Å². The van der Waals surface area contributed by atoms with E-state index in [1.54, 1.807) is 53.2 Å². The first-order valence-electron chi connectivity index (χ1n) is 13.0. The summed E-state index contributed by atoms with van der Waals surface area (Å²) in [7, 11) is 0. The number of amides is 1. The zero-order valence-electron chi connectivity index (χ0n) is 21.8. The maximum Gasteiger partial charge on any atom is 0.392 e. The van der Waals surface area contributed by atoms with Gasteiger partial charge in [-0.25, -0.2) is 0 Å². The summed E-state index contributed by atoms with van der Waals surface area (Å²) in [5, 5.41) is 24.2. The monoisotopic (exact) mass is 550 g/mol. The Kier molecular flexibility index (Phi) is 7.08. The Morgan fingerprint density at radius 2 is 1.70 bits per heavy atom. The molecule has 3 aromatic carbocycles. The zero-order valence-corrected chi connectivity index (χ0v) is 21.8. The van der Waals surface area contributed by atoms with Gasteiger partial charge in [0.05, 0.1) is 23.8 Å². The van der Waals surface area contributed by atoms with Crippen molar-refractivity contribution in [3.8, 4) is 5.88 Å². The second kappa shape index (κ2) is 10.4. The minimum absolute atomic E-state index is 0.0980. The number of halogens is 3. The van der Waals surface area contributed by atoms with Crippen molar-refractivity contribution in [1.29, 1.82) is 0 Å². The number of carbonyl (C=O) groups excluding carboxylic acids is 1. The second-order valence-electron chi connectivity index (χ2n) is 10.7. The highest BCUT2D eigenvalue weighted by Crippen LogP contribution is 2.48. The van der Waals surface area contributed by atoms with Crippen LogP contribution in [0.3, 0.4) is 0 Å². The van der Waals surface area contributed by atoms with E-state index in [1.807, 2.05) is 18.2 Å². The van der Waals surface area contributed by atoms with Gasteiger partial charge in [-0.05, 0) is 54.2 Å². The van der Waals surface area contributed by atoms with Crippen LogP contribution in [0.1, 0.15) is 42.4 Å². The molecule has 1 fully saturated rings. The fourth-order valence-corrected chi connectivity index (χ4v) is 5.19. The number of aromatic nitrogens is 1. The van der Waals surface area contributed by atoms with E-state index in [4.69, 9.17) is 0 Å². The van der Waals surface area contributed by atoms with Crippen LogP contribution in [0.4, 0.5) is 18.9 Å². The lowest BCUT2D eigenvalue weighted by molar-refractivity contribution is -0.178. The van der Waals surface area contributed by atoms with Crippen LogP contribution in [-0.2, 0) is 22.6 Å². The number of nitrogens with one attached hydrogen (secondary N) is 1. The lowest BCUT2D eigenvalue weighted by Crippen LogP contribution is -2.34. The molecule has 2 atom stereocenters. The van der Waals surface area contributed by atoms with Crippen molar-refractivity contribution in [1.82, 2.24) is 4.57 Å². The minimum Gasteiger partial charge on any atom is -0.494 e. The number of carboxylic acid groups (broad SMARTS) is 1. The van der Waals surface area contributed by atoms with Crippen molar-refractivity contribution in [2.45, 2.75) is 44.8 Å². The molecule has 5 rings (SSSR count). The predicted octanol–water partition coefficient (Wildman–Crippen LogP) is 6.72. The number of alkyl halides is 3. The number of rotatable bonds is 9. The van der Waals surface area contributed by atoms with Gasteiger partial charge >= 0.3 is 12.1 Å². The van der Waals surface area contributed by atoms with E-state index in [1.165, 1.54) is 12.1 Å². The van der Waals surface area contributed by atoms with E-state index in [0.29, 0.717) is 42.4 Å². The first-order valence-corrected chi connectivity index (χ1v) is 13.0. The minimum atomic E-state index is -4.61. The largest absolute Gasteiger partial charge is 0.494 e. The van der Waals surface area contributed by atoms with Crippen LogP contribution < -0.4 is 5.32 Å². The number of nitrogens with zero attached hydrogens (tertiary/aromatic N) is 1. The van der Waals surface area contributed by atoms with Crippen LogP contribution in [0.5, 0.6) is 5.88 Å². The molecule has 0 radical (unpaired) electrons. The Balaban J connectivity index is 1.36. The normalized spacial score (nSPS) is 15.9. The number of hydrogen-bond donors (Lipinski definition) is 3. The maximum absolute atomic E-state index is 13.9. The first-order chi connectivity index (χ1) is 19.0. The molecule has 40 heavy (non-hydrogen) atoms. The molecule has 9 heteroatoms. The van der Waals surface area contributed by atoms with Gasteiger partial charge < -0.3 is 20.1 Å². The molecule has 208 valence electrons. The van der Waals surface area contributed by atoms with E-state index in [0.717, 1.165) is 17.9 Å². The third-order valence-electron chi connectivity index (χ3n) is 7.80. The SMILES string of the molecule is C[C@@H]([C@@H](C(=O)Nc1cccc(CC2(C(=O)O)CC2)c1)c1ccc(Cn2cc3ccccc3c2O)cc1)C(F)(F)F. The van der Waals surface area contributed by atoms with E-state index < -0.39 is 35.3 Å². The summed E-state index contributed by atoms with van der Waals surface area (Å²) >= 11 is 0. The van der Waals surface area contributed by atoms with Gasteiger partial charge in [-0.3, -0.25) is 9.59 Å². The zero-order chi connectivity index (χ0) is 28.7. The molecule has 0 bridgehead atoms. The van der Waals surface area contributed by atoms with Crippen molar-refractivity contribution in [3.63, 3.8) is 0 Å². The standard InChI is InChI=1S/C31H29F3N2O4/c1-19(31(32,33)34)26(27(37)35-24-7-4-5-21(15-24)16-30(13-14-30)29(39)40)22-11-9-20(10-12-22)17-36-18-23-6-2-3-8-25(23)28(36)38/h2-12,15,18-19,26,38H,13-14,16-17H2,1H3,(H,35,37)(H,39,40)/t19-,26+/m0/s1. The van der Waals surface area contributed by atoms with Crippen LogP contribution in [0, 0.1) is 11.3 Å². The average molecular weight is 551 g/mol. The lowest BCUT2D eigenvalue weighted by Gasteiger charge is -2.26. The number of aliphatic carboxylic acids is 1. The highest BCUT2D eigenvalue weighted by molar-refractivity contribution is 5.96. The second-order valence-corrected chi connectivity index (χ2v) is 10.7. The summed E-state index contributed by atoms with van der Waals surface area (Å²) in [6.07, 6.45) is -1.38. The third-order valence-corrected chi connectivity index (χ3v) is 7.80. The number of fused-ring (bicyclic) bond motifs is 1. The summed E-state index contributed by atoms with van der Waals surface area (Å²) < 4.78 is 43.2. The molecule has 1 heterocycles. The molecule has 0 saturated heterocycles. The molecule has 4 aromatic rings. The predicted molar refractivity (Wildman–Crippen MR) is 145 cm³/mol. The van der Waals surface area contributed by atoms with Crippen LogP contribution in [0.2, 0.25) is 0 Å². The number of aromatic hydroxyl groups is 1. The highest BCUT2D eigenvalue weighted by atomic mass is 19.4. The van der Waals surface area contributed by atoms with Crippen molar-refractivity contribution in [2.75, 3.05) is 5.32 Å².